The Bertz CT molecular complexity index is 659. The number of amidine groups is 1. The molecule has 0 saturated carbocycles. The number of para-hydroxylation sites is 1. The number of hydrogen-bond donors (Lipinski definition) is 2. The zero-order valence-corrected chi connectivity index (χ0v) is 11.9. The van der Waals surface area contributed by atoms with Gasteiger partial charge in [-0.1, -0.05) is 48.2 Å². The second-order valence-corrected chi connectivity index (χ2v) is 5.13. The van der Waals surface area contributed by atoms with Gasteiger partial charge in [-0.2, -0.15) is 5.10 Å². The zero-order valence-electron chi connectivity index (χ0n) is 11.1. The monoisotopic (exact) mass is 303 g/mol. The fraction of sp³-hybridized carbons (Fsp3) is 0.0667. The number of benzene rings is 2. The van der Waals surface area contributed by atoms with Crippen molar-refractivity contribution in [2.24, 2.45) is 15.9 Å². The van der Waals surface area contributed by atoms with Gasteiger partial charge >= 0.3 is 0 Å². The van der Waals surface area contributed by atoms with Crippen molar-refractivity contribution in [3.63, 3.8) is 0 Å². The van der Waals surface area contributed by atoms with E-state index in [2.05, 4.69) is 10.2 Å². The van der Waals surface area contributed by atoms with Gasteiger partial charge in [0.2, 0.25) is 0 Å². The van der Waals surface area contributed by atoms with Crippen molar-refractivity contribution in [1.29, 1.82) is 0 Å². The Morgan fingerprint density at radius 2 is 1.95 bits per heavy atom. The van der Waals surface area contributed by atoms with Crippen LogP contribution in [0.3, 0.4) is 0 Å². The summed E-state index contributed by atoms with van der Waals surface area (Å²) in [5.74, 6) is -0.460. The summed E-state index contributed by atoms with van der Waals surface area (Å²) in [5.41, 5.74) is 7.10. The van der Waals surface area contributed by atoms with Crippen LogP contribution < -0.4 is 5.73 Å². The molecule has 2 rings (SSSR count). The summed E-state index contributed by atoms with van der Waals surface area (Å²) < 4.78 is 13.1. The van der Waals surface area contributed by atoms with Gasteiger partial charge in [0, 0.05) is 11.3 Å². The summed E-state index contributed by atoms with van der Waals surface area (Å²) in [4.78, 5) is 0. The SMILES string of the molecule is NC(=NN=Cc1cccc(F)c1O)SCc1ccccc1. The maximum Gasteiger partial charge on any atom is 0.180 e. The molecule has 0 aliphatic rings. The first-order valence-corrected chi connectivity index (χ1v) is 7.16. The maximum atomic E-state index is 13.1. The molecule has 6 heteroatoms. The van der Waals surface area contributed by atoms with Crippen LogP contribution in [0.2, 0.25) is 0 Å². The van der Waals surface area contributed by atoms with Crippen molar-refractivity contribution in [2.75, 3.05) is 0 Å². The molecule has 0 radical (unpaired) electrons. The van der Waals surface area contributed by atoms with E-state index in [1.807, 2.05) is 30.3 Å². The van der Waals surface area contributed by atoms with Gasteiger partial charge in [0.05, 0.1) is 6.21 Å². The normalized spacial score (nSPS) is 12.0. The lowest BCUT2D eigenvalue weighted by atomic mass is 10.2. The molecule has 2 aromatic rings. The van der Waals surface area contributed by atoms with E-state index in [4.69, 9.17) is 5.73 Å². The Hall–Kier alpha value is -2.34. The van der Waals surface area contributed by atoms with Gasteiger partial charge in [0.1, 0.15) is 0 Å². The lowest BCUT2D eigenvalue weighted by Gasteiger charge is -2.00. The number of thioether (sulfide) groups is 1. The van der Waals surface area contributed by atoms with E-state index >= 15 is 0 Å². The molecule has 0 aromatic heterocycles. The van der Waals surface area contributed by atoms with Crippen molar-refractivity contribution in [3.05, 3.63) is 65.5 Å². The highest BCUT2D eigenvalue weighted by atomic mass is 32.2. The fourth-order valence-electron chi connectivity index (χ4n) is 1.54. The standard InChI is InChI=1S/C15H14FN3OS/c16-13-8-4-7-12(14(13)20)9-18-19-15(17)21-10-11-5-2-1-3-6-11/h1-9,20H,10H2,(H2,17,19). The topological polar surface area (TPSA) is 71.0 Å². The van der Waals surface area contributed by atoms with Crippen LogP contribution >= 0.6 is 11.8 Å². The van der Waals surface area contributed by atoms with E-state index in [0.717, 1.165) is 5.56 Å². The number of phenols is 1. The lowest BCUT2D eigenvalue weighted by molar-refractivity contribution is 0.431. The van der Waals surface area contributed by atoms with E-state index in [1.54, 1.807) is 0 Å². The first-order chi connectivity index (χ1) is 10.2. The van der Waals surface area contributed by atoms with Gasteiger partial charge < -0.3 is 10.8 Å². The van der Waals surface area contributed by atoms with Gasteiger partial charge in [0.25, 0.3) is 0 Å². The van der Waals surface area contributed by atoms with Crippen molar-refractivity contribution in [3.8, 4) is 5.75 Å². The number of hydrogen-bond acceptors (Lipinski definition) is 4. The van der Waals surface area contributed by atoms with Crippen molar-refractivity contribution >= 4 is 23.1 Å². The molecular weight excluding hydrogens is 289 g/mol. The van der Waals surface area contributed by atoms with Crippen molar-refractivity contribution < 1.29 is 9.50 Å². The molecule has 0 heterocycles. The molecule has 108 valence electrons. The molecule has 0 unspecified atom stereocenters. The Morgan fingerprint density at radius 1 is 1.19 bits per heavy atom. The molecule has 0 atom stereocenters. The predicted octanol–water partition coefficient (Wildman–Crippen LogP) is 3.11. The van der Waals surface area contributed by atoms with Gasteiger partial charge in [-0.15, -0.1) is 5.10 Å². The van der Waals surface area contributed by atoms with E-state index in [-0.39, 0.29) is 5.56 Å². The van der Waals surface area contributed by atoms with Crippen LogP contribution in [-0.2, 0) is 5.75 Å². The van der Waals surface area contributed by atoms with Crippen molar-refractivity contribution in [2.45, 2.75) is 5.75 Å². The lowest BCUT2D eigenvalue weighted by Crippen LogP contribution is -2.06. The third-order valence-corrected chi connectivity index (χ3v) is 3.46. The number of nitrogens with two attached hydrogens (primary N) is 1. The van der Waals surface area contributed by atoms with Crippen molar-refractivity contribution in [1.82, 2.24) is 0 Å². The molecule has 3 N–H and O–H groups in total. The molecular formula is C15H14FN3OS. The number of phenolic OH excluding ortho intramolecular Hbond substituents is 1. The van der Waals surface area contributed by atoms with E-state index < -0.39 is 11.6 Å². The molecule has 0 spiro atoms. The van der Waals surface area contributed by atoms with Crippen LogP contribution in [0.25, 0.3) is 0 Å². The average molecular weight is 303 g/mol. The van der Waals surface area contributed by atoms with Gasteiger partial charge in [-0.05, 0) is 17.7 Å². The highest BCUT2D eigenvalue weighted by molar-refractivity contribution is 8.13. The van der Waals surface area contributed by atoms with Crippen LogP contribution in [0.1, 0.15) is 11.1 Å². The molecule has 0 fully saturated rings. The first-order valence-electron chi connectivity index (χ1n) is 6.17. The van der Waals surface area contributed by atoms with E-state index in [9.17, 15) is 9.50 Å². The second kappa shape index (κ2) is 7.44. The number of halogens is 1. The summed E-state index contributed by atoms with van der Waals surface area (Å²) in [6.07, 6.45) is 1.26. The molecule has 21 heavy (non-hydrogen) atoms. The predicted molar refractivity (Wildman–Crippen MR) is 85.0 cm³/mol. The summed E-state index contributed by atoms with van der Waals surface area (Å²) in [6.45, 7) is 0. The third kappa shape index (κ3) is 4.61. The Balaban J connectivity index is 1.94. The van der Waals surface area contributed by atoms with Crippen LogP contribution in [0.5, 0.6) is 5.75 Å². The Morgan fingerprint density at radius 3 is 2.71 bits per heavy atom. The van der Waals surface area contributed by atoms with Crippen LogP contribution in [0, 0.1) is 5.82 Å². The molecule has 0 bridgehead atoms. The molecule has 0 saturated heterocycles. The maximum absolute atomic E-state index is 13.1. The van der Waals surface area contributed by atoms with Crippen LogP contribution in [0.15, 0.2) is 58.7 Å². The molecule has 2 aromatic carbocycles. The molecule has 0 aliphatic heterocycles. The number of nitrogens with zero attached hydrogens (tertiary/aromatic N) is 2. The quantitative estimate of drug-likeness (QED) is 0.518. The summed E-state index contributed by atoms with van der Waals surface area (Å²) in [7, 11) is 0. The third-order valence-electron chi connectivity index (χ3n) is 2.60. The summed E-state index contributed by atoms with van der Waals surface area (Å²) >= 11 is 1.35. The van der Waals surface area contributed by atoms with Gasteiger partial charge in [-0.25, -0.2) is 4.39 Å². The molecule has 0 aliphatic carbocycles. The molecule has 0 amide bonds. The van der Waals surface area contributed by atoms with E-state index in [1.165, 1.54) is 36.2 Å². The van der Waals surface area contributed by atoms with E-state index in [0.29, 0.717) is 10.9 Å². The largest absolute Gasteiger partial charge is 0.504 e. The number of rotatable bonds is 4. The minimum absolute atomic E-state index is 0.250. The summed E-state index contributed by atoms with van der Waals surface area (Å²) in [5, 5.41) is 17.3. The fourth-order valence-corrected chi connectivity index (χ4v) is 2.16. The van der Waals surface area contributed by atoms with Gasteiger partial charge in [0.15, 0.2) is 16.7 Å². The van der Waals surface area contributed by atoms with Gasteiger partial charge in [-0.3, -0.25) is 0 Å². The molecule has 4 nitrogen and oxygen atoms in total. The minimum atomic E-state index is -0.700. The highest BCUT2D eigenvalue weighted by Crippen LogP contribution is 2.18. The van der Waals surface area contributed by atoms with Crippen LogP contribution in [0.4, 0.5) is 4.39 Å². The highest BCUT2D eigenvalue weighted by Gasteiger charge is 2.03. The summed E-state index contributed by atoms with van der Waals surface area (Å²) in [6, 6.07) is 14.0. The zero-order chi connectivity index (χ0) is 15.1. The minimum Gasteiger partial charge on any atom is -0.504 e. The first kappa shape index (κ1) is 15.1. The smallest absolute Gasteiger partial charge is 0.180 e. The Kier molecular flexibility index (Phi) is 5.34. The Labute approximate surface area is 126 Å². The van der Waals surface area contributed by atoms with Crippen LogP contribution in [-0.4, -0.2) is 16.5 Å². The average Bonchev–Trinajstić information content (AvgIpc) is 2.50. The second-order valence-electron chi connectivity index (χ2n) is 4.13. The number of aromatic hydroxyl groups is 1.